The maximum absolute atomic E-state index is 11.3. The van der Waals surface area contributed by atoms with Crippen molar-refractivity contribution < 1.29 is 19.4 Å². The first-order valence-corrected chi connectivity index (χ1v) is 14.7. The molecule has 2 atom stereocenters. The van der Waals surface area contributed by atoms with Crippen molar-refractivity contribution in [1.82, 2.24) is 34.2 Å². The Morgan fingerprint density at radius 3 is 2.74 bits per heavy atom. The number of fused-ring (bicyclic) bond motifs is 1. The van der Waals surface area contributed by atoms with Gasteiger partial charge >= 0.3 is 6.09 Å². The lowest BCUT2D eigenvalue weighted by molar-refractivity contribution is -0.0298. The number of nitrogens with zero attached hydrogens (tertiary/aromatic N) is 7. The molecule has 13 heteroatoms. The number of piperidine rings is 1. The molecule has 3 aromatic heterocycles. The summed E-state index contributed by atoms with van der Waals surface area (Å²) in [6.45, 7) is 5.71. The third kappa shape index (κ3) is 5.24. The average Bonchev–Trinajstić information content (AvgIpc) is 3.67. The molecule has 42 heavy (non-hydrogen) atoms. The summed E-state index contributed by atoms with van der Waals surface area (Å²) >= 11 is 6.80. The first kappa shape index (κ1) is 28.2. The van der Waals surface area contributed by atoms with E-state index in [0.717, 1.165) is 53.8 Å². The topological polar surface area (TPSA) is 132 Å². The number of halogens is 1. The van der Waals surface area contributed by atoms with Gasteiger partial charge in [-0.2, -0.15) is 5.10 Å². The van der Waals surface area contributed by atoms with Crippen LogP contribution < -0.4 is 10.1 Å². The summed E-state index contributed by atoms with van der Waals surface area (Å²) in [7, 11) is 1.66. The van der Waals surface area contributed by atoms with Gasteiger partial charge in [-0.05, 0) is 57.6 Å². The molecule has 2 aliphatic heterocycles. The zero-order valence-electron chi connectivity index (χ0n) is 24.0. The SMILES string of the molecule is COc1c(C(C)Nc2ncnc3c2ncn3C2CCCCO2)cc(Cl)c(C)c1-c1cnn(C2CCN(C(=O)O)CC2)c1. The fourth-order valence-corrected chi connectivity index (χ4v) is 6.23. The molecule has 4 aromatic rings. The Balaban J connectivity index is 1.29. The number of likely N-dealkylation sites (tertiary alicyclic amines) is 1. The zero-order valence-corrected chi connectivity index (χ0v) is 24.7. The van der Waals surface area contributed by atoms with E-state index in [1.807, 2.05) is 41.6 Å². The monoisotopic (exact) mass is 594 g/mol. The number of carbonyl (C=O) groups is 1. The van der Waals surface area contributed by atoms with E-state index < -0.39 is 6.09 Å². The number of methoxy groups -OCH3 is 1. The Morgan fingerprint density at radius 2 is 2.02 bits per heavy atom. The normalized spacial score (nSPS) is 18.8. The molecule has 5 heterocycles. The molecule has 2 saturated heterocycles. The molecule has 0 saturated carbocycles. The van der Waals surface area contributed by atoms with Crippen LogP contribution in [0.1, 0.15) is 68.5 Å². The maximum atomic E-state index is 11.3. The summed E-state index contributed by atoms with van der Waals surface area (Å²) in [4.78, 5) is 26.4. The van der Waals surface area contributed by atoms with Gasteiger partial charge in [0.25, 0.3) is 0 Å². The molecule has 2 aliphatic rings. The predicted molar refractivity (Wildman–Crippen MR) is 158 cm³/mol. The highest BCUT2D eigenvalue weighted by molar-refractivity contribution is 6.32. The molecule has 1 amide bonds. The van der Waals surface area contributed by atoms with Crippen molar-refractivity contribution in [3.05, 3.63) is 47.3 Å². The number of imidazole rings is 1. The van der Waals surface area contributed by atoms with E-state index in [-0.39, 0.29) is 18.3 Å². The summed E-state index contributed by atoms with van der Waals surface area (Å²) in [5.74, 6) is 1.31. The van der Waals surface area contributed by atoms with Gasteiger partial charge in [0.05, 0.1) is 31.7 Å². The molecule has 2 fully saturated rings. The lowest BCUT2D eigenvalue weighted by Crippen LogP contribution is -2.38. The number of rotatable bonds is 7. The number of carboxylic acid groups (broad SMARTS) is 1. The molecule has 2 unspecified atom stereocenters. The highest BCUT2D eigenvalue weighted by atomic mass is 35.5. The summed E-state index contributed by atoms with van der Waals surface area (Å²) < 4.78 is 15.9. The third-order valence-electron chi connectivity index (χ3n) is 8.35. The first-order chi connectivity index (χ1) is 20.4. The van der Waals surface area contributed by atoms with Gasteiger partial charge in [0, 0.05) is 47.6 Å². The zero-order chi connectivity index (χ0) is 29.4. The van der Waals surface area contributed by atoms with Gasteiger partial charge in [-0.25, -0.2) is 19.7 Å². The summed E-state index contributed by atoms with van der Waals surface area (Å²) in [6, 6.07) is 1.82. The van der Waals surface area contributed by atoms with Gasteiger partial charge in [0.15, 0.2) is 17.0 Å². The van der Waals surface area contributed by atoms with Crippen molar-refractivity contribution in [3.8, 4) is 16.9 Å². The third-order valence-corrected chi connectivity index (χ3v) is 8.75. The lowest BCUT2D eigenvalue weighted by Gasteiger charge is -2.30. The second kappa shape index (κ2) is 11.8. The smallest absolute Gasteiger partial charge is 0.407 e. The van der Waals surface area contributed by atoms with Crippen molar-refractivity contribution in [3.63, 3.8) is 0 Å². The van der Waals surface area contributed by atoms with Crippen LogP contribution in [0, 0.1) is 6.92 Å². The van der Waals surface area contributed by atoms with E-state index in [9.17, 15) is 9.90 Å². The van der Waals surface area contributed by atoms with Gasteiger partial charge in [0.2, 0.25) is 0 Å². The van der Waals surface area contributed by atoms with Crippen LogP contribution in [0.2, 0.25) is 5.02 Å². The Bertz CT molecular complexity index is 1590. The summed E-state index contributed by atoms with van der Waals surface area (Å²) in [5, 5.41) is 18.1. The lowest BCUT2D eigenvalue weighted by atomic mass is 9.95. The molecule has 0 spiro atoms. The molecule has 6 rings (SSSR count). The minimum Gasteiger partial charge on any atom is -0.496 e. The number of anilines is 1. The van der Waals surface area contributed by atoms with Crippen LogP contribution in [0.25, 0.3) is 22.3 Å². The molecule has 12 nitrogen and oxygen atoms in total. The Morgan fingerprint density at radius 1 is 1.21 bits per heavy atom. The number of hydrogen-bond donors (Lipinski definition) is 2. The average molecular weight is 595 g/mol. The Hall–Kier alpha value is -3.90. The van der Waals surface area contributed by atoms with Gasteiger partial charge in [-0.3, -0.25) is 9.25 Å². The second-order valence-electron chi connectivity index (χ2n) is 10.9. The van der Waals surface area contributed by atoms with E-state index >= 15 is 0 Å². The number of hydrogen-bond acceptors (Lipinski definition) is 8. The molecule has 0 aliphatic carbocycles. The molecule has 222 valence electrons. The van der Waals surface area contributed by atoms with E-state index in [1.54, 1.807) is 19.8 Å². The largest absolute Gasteiger partial charge is 0.496 e. The van der Waals surface area contributed by atoms with E-state index in [0.29, 0.717) is 48.0 Å². The van der Waals surface area contributed by atoms with Crippen LogP contribution in [0.3, 0.4) is 0 Å². The first-order valence-electron chi connectivity index (χ1n) is 14.3. The molecule has 0 bridgehead atoms. The highest BCUT2D eigenvalue weighted by Crippen LogP contribution is 2.43. The predicted octanol–water partition coefficient (Wildman–Crippen LogP) is 5.85. The summed E-state index contributed by atoms with van der Waals surface area (Å²) in [5.41, 5.74) is 4.91. The molecule has 2 N–H and O–H groups in total. The van der Waals surface area contributed by atoms with Crippen molar-refractivity contribution in [2.24, 2.45) is 0 Å². The van der Waals surface area contributed by atoms with E-state index in [1.165, 1.54) is 4.90 Å². The Kier molecular flexibility index (Phi) is 7.91. The number of amides is 1. The quantitative estimate of drug-likeness (QED) is 0.270. The van der Waals surface area contributed by atoms with Gasteiger partial charge in [-0.1, -0.05) is 11.6 Å². The Labute approximate surface area is 248 Å². The molecule has 1 aromatic carbocycles. The van der Waals surface area contributed by atoms with Crippen molar-refractivity contribution >= 4 is 34.7 Å². The minimum atomic E-state index is -0.876. The minimum absolute atomic E-state index is 0.0758. The second-order valence-corrected chi connectivity index (χ2v) is 11.3. The summed E-state index contributed by atoms with van der Waals surface area (Å²) in [6.07, 6.45) is 10.7. The van der Waals surface area contributed by atoms with Gasteiger partial charge in [-0.15, -0.1) is 0 Å². The number of aromatic nitrogens is 6. The number of ether oxygens (including phenoxy) is 2. The molecular weight excluding hydrogens is 560 g/mol. The van der Waals surface area contributed by atoms with Crippen molar-refractivity contribution in [2.45, 2.75) is 64.3 Å². The fourth-order valence-electron chi connectivity index (χ4n) is 6.02. The molecule has 0 radical (unpaired) electrons. The molecular formula is C29H35ClN8O4. The van der Waals surface area contributed by atoms with Crippen LogP contribution in [-0.4, -0.2) is 72.2 Å². The maximum Gasteiger partial charge on any atom is 0.407 e. The van der Waals surface area contributed by atoms with Crippen LogP contribution in [0.15, 0.2) is 31.1 Å². The van der Waals surface area contributed by atoms with Gasteiger partial charge < -0.3 is 24.8 Å². The van der Waals surface area contributed by atoms with Crippen molar-refractivity contribution in [1.29, 1.82) is 0 Å². The number of nitrogens with one attached hydrogen (secondary N) is 1. The van der Waals surface area contributed by atoms with Crippen LogP contribution in [-0.2, 0) is 4.74 Å². The van der Waals surface area contributed by atoms with E-state index in [4.69, 9.17) is 21.1 Å². The van der Waals surface area contributed by atoms with Crippen LogP contribution in [0.5, 0.6) is 5.75 Å². The standard InChI is InChI=1S/C29H35ClN8O4/c1-17-22(30)12-21(18(2)35-27-25-28(32-15-31-27)37(16-33-25)23-6-4-5-11-42-23)26(41-3)24(17)19-13-34-38(14-19)20-7-9-36(10-8-20)29(39)40/h12-16,18,20,23H,4-11H2,1-3H3,(H,39,40)(H,31,32,35). The van der Waals surface area contributed by atoms with Gasteiger partial charge in [0.1, 0.15) is 18.3 Å². The highest BCUT2D eigenvalue weighted by Gasteiger charge is 2.27. The van der Waals surface area contributed by atoms with Crippen molar-refractivity contribution in [2.75, 3.05) is 32.1 Å². The van der Waals surface area contributed by atoms with Crippen LogP contribution >= 0.6 is 11.6 Å². The number of benzene rings is 1. The fraction of sp³-hybridized carbons (Fsp3) is 0.483. The van der Waals surface area contributed by atoms with Crippen LogP contribution in [0.4, 0.5) is 10.6 Å². The van der Waals surface area contributed by atoms with E-state index in [2.05, 4.69) is 25.4 Å².